The summed E-state index contributed by atoms with van der Waals surface area (Å²) in [5, 5.41) is 0. The lowest BCUT2D eigenvalue weighted by Crippen LogP contribution is -2.41. The number of rotatable bonds is 4. The van der Waals surface area contributed by atoms with E-state index in [1.165, 1.54) is 0 Å². The molecule has 0 N–H and O–H groups in total. The van der Waals surface area contributed by atoms with Crippen molar-refractivity contribution in [3.05, 3.63) is 0 Å². The first-order chi connectivity index (χ1) is 4.59. The van der Waals surface area contributed by atoms with E-state index in [2.05, 4.69) is 38.8 Å². The van der Waals surface area contributed by atoms with Gasteiger partial charge in [0.25, 0.3) is 0 Å². The molecule has 0 aliphatic carbocycles. The van der Waals surface area contributed by atoms with Crippen molar-refractivity contribution in [1.29, 1.82) is 0 Å². The molecule has 0 aromatic heterocycles. The van der Waals surface area contributed by atoms with Crippen LogP contribution in [0.5, 0.6) is 0 Å². The highest BCUT2D eigenvalue weighted by Crippen LogP contribution is 2.01. The Labute approximate surface area is 69.7 Å². The fourth-order valence-electron chi connectivity index (χ4n) is 1.37. The van der Waals surface area contributed by atoms with Gasteiger partial charge in [0, 0.05) is 9.04 Å². The third-order valence-electron chi connectivity index (χ3n) is 1.81. The third kappa shape index (κ3) is 3.53. The maximum Gasteiger partial charge on any atom is 0.0798 e. The molecular weight excluding hydrogens is 154 g/mol. The minimum absolute atomic E-state index is 0.213. The molecule has 0 aliphatic heterocycles. The van der Waals surface area contributed by atoms with Gasteiger partial charge in [0.2, 0.25) is 0 Å². The number of hydrogen-bond acceptors (Lipinski definition) is 1. The van der Waals surface area contributed by atoms with E-state index in [1.54, 1.807) is 0 Å². The molecule has 0 aromatic rings. The molecule has 0 aromatic carbocycles. The van der Waals surface area contributed by atoms with Crippen molar-refractivity contribution < 1.29 is 0 Å². The Bertz CT molecular complexity index is 75.7. The van der Waals surface area contributed by atoms with Gasteiger partial charge in [-0.3, -0.25) is 0 Å². The first kappa shape index (κ1) is 10.4. The second-order valence-electron chi connectivity index (χ2n) is 3.43. The van der Waals surface area contributed by atoms with E-state index in [-0.39, 0.29) is 9.20 Å². The summed E-state index contributed by atoms with van der Waals surface area (Å²) in [6.07, 6.45) is 0. The minimum atomic E-state index is 0.213. The van der Waals surface area contributed by atoms with Crippen LogP contribution in [-0.2, 0) is 0 Å². The van der Waals surface area contributed by atoms with E-state index in [0.29, 0.717) is 9.04 Å². The van der Waals surface area contributed by atoms with Gasteiger partial charge in [0.05, 0.1) is 9.20 Å². The lowest BCUT2D eigenvalue weighted by molar-refractivity contribution is 0.317. The molecule has 0 spiro atoms. The van der Waals surface area contributed by atoms with E-state index in [1.807, 2.05) is 0 Å². The van der Waals surface area contributed by atoms with Crippen molar-refractivity contribution in [2.75, 3.05) is 0 Å². The van der Waals surface area contributed by atoms with Gasteiger partial charge in [-0.25, -0.2) is 0 Å². The molecule has 0 heterocycles. The first-order valence-corrected chi connectivity index (χ1v) is 10.4. The van der Waals surface area contributed by atoms with E-state index in [4.69, 9.17) is 0 Å². The zero-order valence-corrected chi connectivity index (χ0v) is 10.8. The van der Waals surface area contributed by atoms with E-state index in [0.717, 1.165) is 12.1 Å². The highest BCUT2D eigenvalue weighted by atomic mass is 29.1. The minimum Gasteiger partial charge on any atom is -0.328 e. The average Bonchev–Trinajstić information content (AvgIpc) is 1.81. The van der Waals surface area contributed by atoms with Crippen LogP contribution >= 0.6 is 0 Å². The third-order valence-corrected chi connectivity index (χ3v) is 7.12. The van der Waals surface area contributed by atoms with Crippen LogP contribution < -0.4 is 0 Å². The van der Waals surface area contributed by atoms with Gasteiger partial charge in [-0.15, -0.1) is 0 Å². The zero-order valence-electron chi connectivity index (χ0n) is 8.02. The van der Waals surface area contributed by atoms with Crippen LogP contribution in [-0.4, -0.2) is 34.9 Å². The van der Waals surface area contributed by atoms with Gasteiger partial charge in [0.1, 0.15) is 0 Å². The van der Waals surface area contributed by atoms with Crippen molar-refractivity contribution >= 4 is 18.2 Å². The highest BCUT2D eigenvalue weighted by Gasteiger charge is 2.10. The molecule has 0 bridgehead atoms. The molecule has 3 heteroatoms. The molecule has 0 aliphatic rings. The molecule has 62 valence electrons. The lowest BCUT2D eigenvalue weighted by atomic mass is 10.3. The fourth-order valence-corrected chi connectivity index (χ4v) is 7.57. The monoisotopic (exact) mass is 175 g/mol. The van der Waals surface area contributed by atoms with Crippen LogP contribution in [0.4, 0.5) is 0 Å². The summed E-state index contributed by atoms with van der Waals surface area (Å²) >= 11 is 0. The summed E-state index contributed by atoms with van der Waals surface area (Å²) in [6.45, 7) is 11.7. The topological polar surface area (TPSA) is 3.24 Å². The van der Waals surface area contributed by atoms with Crippen molar-refractivity contribution in [2.45, 2.75) is 46.3 Å². The fraction of sp³-hybridized carbons (Fsp3) is 1.00. The molecule has 10 heavy (non-hydrogen) atoms. The predicted molar refractivity (Wildman–Crippen MR) is 55.1 cm³/mol. The average molecular weight is 175 g/mol. The normalized spacial score (nSPS) is 14.4. The van der Waals surface area contributed by atoms with Gasteiger partial charge < -0.3 is 4.57 Å². The maximum atomic E-state index is 2.71. The predicted octanol–water partition coefficient (Wildman–Crippen LogP) is 0.321. The van der Waals surface area contributed by atoms with E-state index < -0.39 is 0 Å². The van der Waals surface area contributed by atoms with Gasteiger partial charge in [-0.2, -0.15) is 0 Å². The van der Waals surface area contributed by atoms with Crippen molar-refractivity contribution in [3.8, 4) is 0 Å². The summed E-state index contributed by atoms with van der Waals surface area (Å²) in [5.41, 5.74) is 0. The van der Waals surface area contributed by atoms with E-state index in [9.17, 15) is 0 Å². The van der Waals surface area contributed by atoms with Crippen LogP contribution in [0.25, 0.3) is 0 Å². The molecule has 1 nitrogen and oxygen atoms in total. The molecule has 0 saturated carbocycles. The molecule has 0 unspecified atom stereocenters. The Kier molecular flexibility index (Phi) is 5.30. The summed E-state index contributed by atoms with van der Waals surface area (Å²) in [7, 11) is 0.559. The lowest BCUT2D eigenvalue weighted by Gasteiger charge is -2.30. The summed E-state index contributed by atoms with van der Waals surface area (Å²) < 4.78 is 2.71. The van der Waals surface area contributed by atoms with Crippen LogP contribution in [0.15, 0.2) is 0 Å². The van der Waals surface area contributed by atoms with Crippen LogP contribution in [0, 0.1) is 0 Å². The SMILES string of the molecule is C[SiH2][SiH2]N(C(C)C)C(C)C. The molecule has 0 fully saturated rings. The zero-order chi connectivity index (χ0) is 8.15. The Hall–Kier alpha value is 0.394. The van der Waals surface area contributed by atoms with Crippen molar-refractivity contribution in [1.82, 2.24) is 4.57 Å². The Balaban J connectivity index is 3.73. The van der Waals surface area contributed by atoms with Crippen LogP contribution in [0.2, 0.25) is 6.55 Å². The van der Waals surface area contributed by atoms with Gasteiger partial charge in [-0.1, -0.05) is 34.2 Å². The molecule has 0 saturated heterocycles. The summed E-state index contributed by atoms with van der Waals surface area (Å²) in [6, 6.07) is 1.58. The largest absolute Gasteiger partial charge is 0.328 e. The quantitative estimate of drug-likeness (QED) is 0.556. The van der Waals surface area contributed by atoms with Crippen LogP contribution in [0.1, 0.15) is 27.7 Å². The van der Waals surface area contributed by atoms with Gasteiger partial charge >= 0.3 is 0 Å². The summed E-state index contributed by atoms with van der Waals surface area (Å²) in [4.78, 5) is 0. The van der Waals surface area contributed by atoms with Crippen molar-refractivity contribution in [3.63, 3.8) is 0 Å². The van der Waals surface area contributed by atoms with Gasteiger partial charge in [0.15, 0.2) is 0 Å². The Morgan fingerprint density at radius 2 is 1.40 bits per heavy atom. The highest BCUT2D eigenvalue weighted by molar-refractivity contribution is 6.98. The smallest absolute Gasteiger partial charge is 0.0798 e. The van der Waals surface area contributed by atoms with Gasteiger partial charge in [-0.05, 0) is 12.1 Å². The second-order valence-corrected chi connectivity index (χ2v) is 9.94. The summed E-state index contributed by atoms with van der Waals surface area (Å²) in [5.74, 6) is 0. The maximum absolute atomic E-state index is 2.71. The molecule has 0 amide bonds. The van der Waals surface area contributed by atoms with Crippen molar-refractivity contribution in [2.24, 2.45) is 0 Å². The number of nitrogens with zero attached hydrogens (tertiary/aromatic N) is 1. The first-order valence-electron chi connectivity index (χ1n) is 4.35. The second kappa shape index (κ2) is 5.10. The van der Waals surface area contributed by atoms with Crippen LogP contribution in [0.3, 0.4) is 0 Å². The molecule has 0 rings (SSSR count). The molecule has 0 radical (unpaired) electrons. The standard InChI is InChI=1S/C7H21NSi2/c1-6(2)8(7(3)4)10-9-5/h6-7H,9-10H2,1-5H3. The Morgan fingerprint density at radius 3 is 1.50 bits per heavy atom. The molecule has 0 atom stereocenters. The Morgan fingerprint density at radius 1 is 1.00 bits per heavy atom. The number of hydrogen-bond donors (Lipinski definition) is 0. The molecular formula is C7H21NSi2. The van der Waals surface area contributed by atoms with E-state index >= 15 is 0 Å².